The van der Waals surface area contributed by atoms with E-state index < -0.39 is 0 Å². The molecule has 0 amide bonds. The lowest BCUT2D eigenvalue weighted by Crippen LogP contribution is -2.10. The molecule has 0 N–H and O–H groups in total. The van der Waals surface area contributed by atoms with E-state index in [0.717, 1.165) is 45.7 Å². The molecule has 1 unspecified atom stereocenters. The van der Waals surface area contributed by atoms with Gasteiger partial charge < -0.3 is 9.47 Å². The first kappa shape index (κ1) is 36.9. The molecule has 4 nitrogen and oxygen atoms in total. The van der Waals surface area contributed by atoms with E-state index in [4.69, 9.17) is 0 Å². The molecule has 4 aromatic heterocycles. The first-order valence-corrected chi connectivity index (χ1v) is 22.3. The van der Waals surface area contributed by atoms with Crippen molar-refractivity contribution in [3.63, 3.8) is 0 Å². The van der Waals surface area contributed by atoms with Crippen LogP contribution < -0.4 is 4.90 Å². The minimum atomic E-state index is 0.258. The van der Waals surface area contributed by atoms with Gasteiger partial charge >= 0.3 is 0 Å². The third-order valence-electron chi connectivity index (χ3n) is 12.5. The van der Waals surface area contributed by atoms with Gasteiger partial charge in [0.1, 0.15) is 0 Å². The molecule has 1 atom stereocenters. The van der Waals surface area contributed by atoms with Gasteiger partial charge in [0.05, 0.1) is 16.7 Å². The van der Waals surface area contributed by atoms with Crippen LogP contribution >= 0.6 is 11.3 Å². The second-order valence-corrected chi connectivity index (χ2v) is 17.3. The molecule has 4 heterocycles. The number of nitrogens with zero attached hydrogens (tertiary/aromatic N) is 4. The lowest BCUT2D eigenvalue weighted by Gasteiger charge is -2.26. The van der Waals surface area contributed by atoms with Crippen LogP contribution in [0.5, 0.6) is 0 Å². The van der Waals surface area contributed by atoms with Gasteiger partial charge in [-0.05, 0) is 130 Å². The summed E-state index contributed by atoms with van der Waals surface area (Å²) in [5.41, 5.74) is 15.2. The van der Waals surface area contributed by atoms with Crippen molar-refractivity contribution in [2.24, 2.45) is 0 Å². The molecule has 11 aromatic rings. The van der Waals surface area contributed by atoms with E-state index in [1.54, 1.807) is 0 Å². The Balaban J connectivity index is 0.887. The van der Waals surface area contributed by atoms with Gasteiger partial charge in [0, 0.05) is 78.7 Å². The molecule has 7 aromatic carbocycles. The Kier molecular flexibility index (Phi) is 9.12. The van der Waals surface area contributed by atoms with Gasteiger partial charge in [0.15, 0.2) is 0 Å². The van der Waals surface area contributed by atoms with Crippen LogP contribution in [0.25, 0.3) is 75.5 Å². The van der Waals surface area contributed by atoms with Crippen molar-refractivity contribution in [3.8, 4) is 27.9 Å². The molecular formula is C58H40N4S. The largest absolute Gasteiger partial charge is 0.311 e. The molecule has 0 saturated heterocycles. The summed E-state index contributed by atoms with van der Waals surface area (Å²) in [6.07, 6.45) is 15.5. The standard InChI is InChI=1S/C58H40N4S/c1-3-15-53-50(13-1)52-36-44(25-32-54(52)62(53)55-16-6-18-57-58(55)51-14-2-4-17-56(51)63-57)43-10-5-9-42(35-43)39-19-26-47(27-20-39)61(48-28-21-40(22-29-48)45-11-7-33-59-37-45)49-30-23-41(24-31-49)46-12-8-34-60-38-46/h1-9,11-38,43H,10H2. The molecule has 0 radical (unpaired) electrons. The molecule has 0 spiro atoms. The predicted octanol–water partition coefficient (Wildman–Crippen LogP) is 15.9. The molecule has 0 aliphatic heterocycles. The Labute approximate surface area is 370 Å². The number of benzene rings is 7. The molecule has 298 valence electrons. The fraction of sp³-hybridized carbons (Fsp3) is 0.0345. The van der Waals surface area contributed by atoms with Crippen molar-refractivity contribution >= 4 is 76.0 Å². The highest BCUT2D eigenvalue weighted by Crippen LogP contribution is 2.43. The number of thiophene rings is 1. The third-order valence-corrected chi connectivity index (χ3v) is 13.7. The van der Waals surface area contributed by atoms with E-state index in [0.29, 0.717) is 0 Å². The lowest BCUT2D eigenvalue weighted by molar-refractivity contribution is 0.859. The average Bonchev–Trinajstić information content (AvgIpc) is 3.91. The number of rotatable bonds is 8. The molecule has 0 bridgehead atoms. The fourth-order valence-electron chi connectivity index (χ4n) is 9.45. The molecule has 12 rings (SSSR count). The Morgan fingerprint density at radius 3 is 1.76 bits per heavy atom. The van der Waals surface area contributed by atoms with Crippen molar-refractivity contribution in [1.29, 1.82) is 0 Å². The highest BCUT2D eigenvalue weighted by atomic mass is 32.1. The summed E-state index contributed by atoms with van der Waals surface area (Å²) in [4.78, 5) is 11.0. The molecule has 1 aliphatic carbocycles. The zero-order valence-electron chi connectivity index (χ0n) is 34.3. The van der Waals surface area contributed by atoms with Gasteiger partial charge in [0.25, 0.3) is 0 Å². The fourth-order valence-corrected chi connectivity index (χ4v) is 10.6. The van der Waals surface area contributed by atoms with Gasteiger partial charge in [-0.3, -0.25) is 9.97 Å². The maximum atomic E-state index is 4.34. The summed E-state index contributed by atoms with van der Waals surface area (Å²) in [6.45, 7) is 0. The number of aromatic nitrogens is 3. The summed E-state index contributed by atoms with van der Waals surface area (Å²) >= 11 is 1.87. The molecule has 63 heavy (non-hydrogen) atoms. The summed E-state index contributed by atoms with van der Waals surface area (Å²) in [6, 6.07) is 66.2. The van der Waals surface area contributed by atoms with Crippen LogP contribution in [-0.4, -0.2) is 14.5 Å². The van der Waals surface area contributed by atoms with Gasteiger partial charge in [0.2, 0.25) is 0 Å². The predicted molar refractivity (Wildman–Crippen MR) is 266 cm³/mol. The van der Waals surface area contributed by atoms with Crippen LogP contribution in [0.1, 0.15) is 23.5 Å². The maximum Gasteiger partial charge on any atom is 0.0555 e. The molecule has 1 aliphatic rings. The number of fused-ring (bicyclic) bond motifs is 6. The van der Waals surface area contributed by atoms with E-state index in [1.807, 2.05) is 48.3 Å². The maximum absolute atomic E-state index is 4.34. The Bertz CT molecular complexity index is 3430. The van der Waals surface area contributed by atoms with Crippen LogP contribution in [0.3, 0.4) is 0 Å². The lowest BCUT2D eigenvalue weighted by atomic mass is 9.87. The van der Waals surface area contributed by atoms with E-state index >= 15 is 0 Å². The molecule has 0 fully saturated rings. The minimum absolute atomic E-state index is 0.258. The number of anilines is 3. The highest BCUT2D eigenvalue weighted by Gasteiger charge is 2.20. The zero-order chi connectivity index (χ0) is 41.7. The third kappa shape index (κ3) is 6.62. The van der Waals surface area contributed by atoms with E-state index in [1.165, 1.54) is 64.4 Å². The van der Waals surface area contributed by atoms with Crippen molar-refractivity contribution in [2.45, 2.75) is 12.3 Å². The smallest absolute Gasteiger partial charge is 0.0555 e. The van der Waals surface area contributed by atoms with Crippen molar-refractivity contribution in [1.82, 2.24) is 14.5 Å². The zero-order valence-corrected chi connectivity index (χ0v) is 35.2. The highest BCUT2D eigenvalue weighted by molar-refractivity contribution is 7.25. The van der Waals surface area contributed by atoms with Crippen LogP contribution in [-0.2, 0) is 0 Å². The average molecular weight is 825 g/mol. The SMILES string of the molecule is C1=CC(c2ccc(N(c3ccc(-c4cccnc4)cc3)c3ccc(-c4cccnc4)cc3)cc2)=CC(c2ccc3c(c2)c2ccccc2n3-c2cccc3sc4ccccc4c23)C1. The normalized spacial score (nSPS) is 13.8. The molecule has 5 heteroatoms. The van der Waals surface area contributed by atoms with Crippen LogP contribution in [0, 0.1) is 0 Å². The second kappa shape index (κ2) is 15.6. The van der Waals surface area contributed by atoms with E-state index in [-0.39, 0.29) is 5.92 Å². The Hall–Kier alpha value is -7.86. The van der Waals surface area contributed by atoms with Crippen LogP contribution in [0.2, 0.25) is 0 Å². The van der Waals surface area contributed by atoms with Crippen molar-refractivity contribution in [2.75, 3.05) is 4.90 Å². The summed E-state index contributed by atoms with van der Waals surface area (Å²) in [5, 5.41) is 5.20. The van der Waals surface area contributed by atoms with Crippen molar-refractivity contribution < 1.29 is 0 Å². The van der Waals surface area contributed by atoms with Gasteiger partial charge in [-0.1, -0.05) is 115 Å². The summed E-state index contributed by atoms with van der Waals surface area (Å²) in [5.74, 6) is 0.258. The van der Waals surface area contributed by atoms with E-state index in [9.17, 15) is 0 Å². The second-order valence-electron chi connectivity index (χ2n) is 16.2. The topological polar surface area (TPSA) is 34.0 Å². The number of hydrogen-bond acceptors (Lipinski definition) is 4. The number of hydrogen-bond donors (Lipinski definition) is 0. The molecular weight excluding hydrogens is 785 g/mol. The first-order chi connectivity index (χ1) is 31.2. The number of pyridine rings is 2. The Morgan fingerprint density at radius 1 is 0.492 bits per heavy atom. The van der Waals surface area contributed by atoms with Crippen molar-refractivity contribution in [3.05, 3.63) is 236 Å². The quantitative estimate of drug-likeness (QED) is 0.153. The summed E-state index contributed by atoms with van der Waals surface area (Å²) in [7, 11) is 0. The Morgan fingerprint density at radius 2 is 1.10 bits per heavy atom. The number of allylic oxidation sites excluding steroid dienone is 4. The van der Waals surface area contributed by atoms with E-state index in [2.05, 4.69) is 208 Å². The van der Waals surface area contributed by atoms with Crippen LogP contribution in [0.4, 0.5) is 17.1 Å². The van der Waals surface area contributed by atoms with Gasteiger partial charge in [-0.2, -0.15) is 0 Å². The van der Waals surface area contributed by atoms with Crippen LogP contribution in [0.15, 0.2) is 225 Å². The number of para-hydroxylation sites is 1. The van der Waals surface area contributed by atoms with Gasteiger partial charge in [-0.25, -0.2) is 0 Å². The summed E-state index contributed by atoms with van der Waals surface area (Å²) < 4.78 is 5.11. The minimum Gasteiger partial charge on any atom is -0.311 e. The van der Waals surface area contributed by atoms with Gasteiger partial charge in [-0.15, -0.1) is 11.3 Å². The first-order valence-electron chi connectivity index (χ1n) is 21.5. The monoisotopic (exact) mass is 824 g/mol. The molecule has 0 saturated carbocycles.